The van der Waals surface area contributed by atoms with E-state index in [0.717, 1.165) is 29.3 Å². The normalized spacial score (nSPS) is 17.6. The van der Waals surface area contributed by atoms with Crippen molar-refractivity contribution in [3.8, 4) is 0 Å². The molecule has 1 aliphatic carbocycles. The summed E-state index contributed by atoms with van der Waals surface area (Å²) >= 11 is 0. The van der Waals surface area contributed by atoms with Crippen molar-refractivity contribution in [3.05, 3.63) is 36.0 Å². The summed E-state index contributed by atoms with van der Waals surface area (Å²) in [6.07, 6.45) is 8.35. The maximum atomic E-state index is 12.8. The van der Waals surface area contributed by atoms with Crippen LogP contribution in [0.1, 0.15) is 57.9 Å². The summed E-state index contributed by atoms with van der Waals surface area (Å²) < 4.78 is 0. The van der Waals surface area contributed by atoms with Crippen LogP contribution in [0.5, 0.6) is 0 Å². The van der Waals surface area contributed by atoms with Crippen LogP contribution in [0.3, 0.4) is 0 Å². The third-order valence-corrected chi connectivity index (χ3v) is 5.59. The molecule has 140 valence electrons. The molecule has 0 aliphatic heterocycles. The minimum atomic E-state index is -0.874. The number of nitrogens with one attached hydrogen (secondary N) is 3. The highest BCUT2D eigenvalue weighted by Crippen LogP contribution is 2.20. The van der Waals surface area contributed by atoms with Gasteiger partial charge in [0.2, 0.25) is 11.8 Å². The van der Waals surface area contributed by atoms with E-state index in [0.29, 0.717) is 6.42 Å². The van der Waals surface area contributed by atoms with Crippen molar-refractivity contribution in [2.24, 2.45) is 0 Å². The third kappa shape index (κ3) is 4.09. The first-order valence-corrected chi connectivity index (χ1v) is 9.69. The molecule has 26 heavy (non-hydrogen) atoms. The van der Waals surface area contributed by atoms with Crippen molar-refractivity contribution >= 4 is 22.7 Å². The second-order valence-corrected chi connectivity index (χ2v) is 7.58. The van der Waals surface area contributed by atoms with Gasteiger partial charge in [-0.15, -0.1) is 0 Å². The first-order chi connectivity index (χ1) is 12.5. The number of carbonyl (C=O) groups excluding carboxylic acids is 2. The van der Waals surface area contributed by atoms with E-state index in [-0.39, 0.29) is 24.3 Å². The lowest BCUT2D eigenvalue weighted by Gasteiger charge is -2.32. The zero-order chi connectivity index (χ0) is 18.6. The topological polar surface area (TPSA) is 74.0 Å². The Bertz CT molecular complexity index is 776. The van der Waals surface area contributed by atoms with Gasteiger partial charge in [-0.2, -0.15) is 0 Å². The average molecular weight is 355 g/mol. The number of para-hydroxylation sites is 1. The maximum absolute atomic E-state index is 12.8. The van der Waals surface area contributed by atoms with Gasteiger partial charge in [-0.25, -0.2) is 0 Å². The van der Waals surface area contributed by atoms with Crippen LogP contribution in [0, 0.1) is 0 Å². The first kappa shape index (κ1) is 18.5. The molecule has 0 saturated heterocycles. The molecule has 1 fully saturated rings. The molecule has 3 N–H and O–H groups in total. The van der Waals surface area contributed by atoms with Crippen molar-refractivity contribution in [2.75, 3.05) is 0 Å². The molecule has 1 aliphatic rings. The molecule has 0 bridgehead atoms. The van der Waals surface area contributed by atoms with Crippen LogP contribution in [-0.4, -0.2) is 28.4 Å². The highest BCUT2D eigenvalue weighted by Gasteiger charge is 2.34. The Morgan fingerprint density at radius 3 is 2.65 bits per heavy atom. The number of hydrogen-bond acceptors (Lipinski definition) is 2. The standard InChI is InChI=1S/C21H29N3O2/c1-3-21(2,20(26)23-16-9-5-4-6-10-16)24-19(25)13-15-14-22-18-12-8-7-11-17(15)18/h7-8,11-12,14,16,22H,3-6,9-10,13H2,1-2H3,(H,23,26)(H,24,25)/t21-/m0/s1. The Morgan fingerprint density at radius 2 is 1.92 bits per heavy atom. The van der Waals surface area contributed by atoms with Gasteiger partial charge in [0.15, 0.2) is 0 Å². The maximum Gasteiger partial charge on any atom is 0.245 e. The van der Waals surface area contributed by atoms with Crippen molar-refractivity contribution < 1.29 is 9.59 Å². The van der Waals surface area contributed by atoms with Gasteiger partial charge in [-0.1, -0.05) is 44.4 Å². The predicted molar refractivity (Wildman–Crippen MR) is 104 cm³/mol. The fourth-order valence-corrected chi connectivity index (χ4v) is 3.70. The Balaban J connectivity index is 1.64. The van der Waals surface area contributed by atoms with Gasteiger partial charge in [0.1, 0.15) is 5.54 Å². The molecule has 0 radical (unpaired) electrons. The second kappa shape index (κ2) is 7.94. The summed E-state index contributed by atoms with van der Waals surface area (Å²) in [4.78, 5) is 28.6. The number of amides is 2. The van der Waals surface area contributed by atoms with Gasteiger partial charge in [0.25, 0.3) is 0 Å². The molecule has 5 heteroatoms. The van der Waals surface area contributed by atoms with E-state index in [9.17, 15) is 9.59 Å². The third-order valence-electron chi connectivity index (χ3n) is 5.59. The van der Waals surface area contributed by atoms with Crippen LogP contribution < -0.4 is 10.6 Å². The number of rotatable bonds is 6. The summed E-state index contributed by atoms with van der Waals surface area (Å²) in [7, 11) is 0. The van der Waals surface area contributed by atoms with E-state index in [2.05, 4.69) is 15.6 Å². The molecule has 2 aromatic rings. The van der Waals surface area contributed by atoms with Crippen molar-refractivity contribution in [2.45, 2.75) is 70.4 Å². The zero-order valence-corrected chi connectivity index (χ0v) is 15.7. The fraction of sp³-hybridized carbons (Fsp3) is 0.524. The number of aromatic nitrogens is 1. The number of H-pyrrole nitrogens is 1. The van der Waals surface area contributed by atoms with E-state index in [1.54, 1.807) is 0 Å². The van der Waals surface area contributed by atoms with Crippen molar-refractivity contribution in [1.82, 2.24) is 15.6 Å². The summed E-state index contributed by atoms with van der Waals surface area (Å²) in [6.45, 7) is 3.75. The Kier molecular flexibility index (Phi) is 5.64. The van der Waals surface area contributed by atoms with Gasteiger partial charge in [0, 0.05) is 23.1 Å². The van der Waals surface area contributed by atoms with Gasteiger partial charge < -0.3 is 15.6 Å². The molecular formula is C21H29N3O2. The molecule has 1 aromatic heterocycles. The lowest BCUT2D eigenvalue weighted by Crippen LogP contribution is -2.58. The molecule has 1 atom stereocenters. The Hall–Kier alpha value is -2.30. The van der Waals surface area contributed by atoms with Gasteiger partial charge in [-0.05, 0) is 37.8 Å². The molecule has 0 unspecified atom stereocenters. The quantitative estimate of drug-likeness (QED) is 0.742. The number of carbonyl (C=O) groups is 2. The average Bonchev–Trinajstić information content (AvgIpc) is 3.05. The summed E-state index contributed by atoms with van der Waals surface area (Å²) in [5.74, 6) is -0.197. The number of benzene rings is 1. The molecule has 3 rings (SSSR count). The van der Waals surface area contributed by atoms with E-state index in [1.165, 1.54) is 19.3 Å². The molecule has 2 amide bonds. The van der Waals surface area contributed by atoms with Gasteiger partial charge in [-0.3, -0.25) is 9.59 Å². The van der Waals surface area contributed by atoms with Crippen LogP contribution in [0.25, 0.3) is 10.9 Å². The Morgan fingerprint density at radius 1 is 1.19 bits per heavy atom. The van der Waals surface area contributed by atoms with Crippen LogP contribution >= 0.6 is 0 Å². The molecule has 1 aromatic carbocycles. The summed E-state index contributed by atoms with van der Waals surface area (Å²) in [5, 5.41) is 7.16. The smallest absolute Gasteiger partial charge is 0.245 e. The molecule has 0 spiro atoms. The molecular weight excluding hydrogens is 326 g/mol. The number of fused-ring (bicyclic) bond motifs is 1. The Labute approximate surface area is 154 Å². The number of aromatic amines is 1. The van der Waals surface area contributed by atoms with Crippen LogP contribution in [0.15, 0.2) is 30.5 Å². The van der Waals surface area contributed by atoms with E-state index < -0.39 is 5.54 Å². The SMILES string of the molecule is CC[C@](C)(NC(=O)Cc1c[nH]c2ccccc12)C(=O)NC1CCCCC1. The first-order valence-electron chi connectivity index (χ1n) is 9.69. The van der Waals surface area contributed by atoms with Gasteiger partial charge >= 0.3 is 0 Å². The summed E-state index contributed by atoms with van der Waals surface area (Å²) in [5.41, 5.74) is 1.09. The van der Waals surface area contributed by atoms with Crippen LogP contribution in [0.2, 0.25) is 0 Å². The molecule has 1 saturated carbocycles. The minimum Gasteiger partial charge on any atom is -0.361 e. The van der Waals surface area contributed by atoms with E-state index in [4.69, 9.17) is 0 Å². The second-order valence-electron chi connectivity index (χ2n) is 7.58. The highest BCUT2D eigenvalue weighted by molar-refractivity contribution is 5.93. The minimum absolute atomic E-state index is 0.0702. The predicted octanol–water partition coefficient (Wildman–Crippen LogP) is 3.44. The van der Waals surface area contributed by atoms with Crippen LogP contribution in [-0.2, 0) is 16.0 Å². The van der Waals surface area contributed by atoms with Gasteiger partial charge in [0.05, 0.1) is 6.42 Å². The fourth-order valence-electron chi connectivity index (χ4n) is 3.70. The lowest BCUT2D eigenvalue weighted by atomic mass is 9.92. The van der Waals surface area contributed by atoms with Crippen molar-refractivity contribution in [3.63, 3.8) is 0 Å². The molecule has 5 nitrogen and oxygen atoms in total. The lowest BCUT2D eigenvalue weighted by molar-refractivity contribution is -0.133. The summed E-state index contributed by atoms with van der Waals surface area (Å²) in [6, 6.07) is 8.17. The monoisotopic (exact) mass is 355 g/mol. The zero-order valence-electron chi connectivity index (χ0n) is 15.7. The highest BCUT2D eigenvalue weighted by atomic mass is 16.2. The van der Waals surface area contributed by atoms with Crippen LogP contribution in [0.4, 0.5) is 0 Å². The number of hydrogen-bond donors (Lipinski definition) is 3. The van der Waals surface area contributed by atoms with E-state index >= 15 is 0 Å². The van der Waals surface area contributed by atoms with Crippen molar-refractivity contribution in [1.29, 1.82) is 0 Å². The largest absolute Gasteiger partial charge is 0.361 e. The van der Waals surface area contributed by atoms with E-state index in [1.807, 2.05) is 44.3 Å². The molecule has 1 heterocycles.